The Bertz CT molecular complexity index is 524. The predicted molar refractivity (Wildman–Crippen MR) is 63.1 cm³/mol. The van der Waals surface area contributed by atoms with E-state index in [1.54, 1.807) is 23.1 Å². The topological polar surface area (TPSA) is 56.7 Å². The van der Waals surface area contributed by atoms with Crippen molar-refractivity contribution < 1.29 is 4.39 Å². The molecule has 2 aromatic rings. The number of nitrogens with two attached hydrogens (primary N) is 1. The van der Waals surface area contributed by atoms with E-state index >= 15 is 0 Å². The van der Waals surface area contributed by atoms with Crippen molar-refractivity contribution in [3.63, 3.8) is 0 Å². The summed E-state index contributed by atoms with van der Waals surface area (Å²) in [6.07, 6.45) is 1.59. The van der Waals surface area contributed by atoms with Gasteiger partial charge in [0, 0.05) is 0 Å². The summed E-state index contributed by atoms with van der Waals surface area (Å²) < 4.78 is 14.6. The van der Waals surface area contributed by atoms with Gasteiger partial charge in [-0.15, -0.1) is 0 Å². The molecule has 0 spiro atoms. The summed E-state index contributed by atoms with van der Waals surface area (Å²) in [4.78, 5) is 4.07. The molecule has 0 aliphatic carbocycles. The molecule has 0 aliphatic rings. The number of halogens is 2. The van der Waals surface area contributed by atoms with E-state index in [0.29, 0.717) is 12.4 Å². The Kier molecular flexibility index (Phi) is 3.40. The second-order valence-corrected chi connectivity index (χ2v) is 4.24. The fraction of sp³-hybridized carbons (Fsp3) is 0.273. The Morgan fingerprint density at radius 1 is 1.53 bits per heavy atom. The molecule has 1 aromatic carbocycles. The van der Waals surface area contributed by atoms with E-state index in [9.17, 15) is 4.39 Å². The third kappa shape index (κ3) is 2.81. The summed E-state index contributed by atoms with van der Waals surface area (Å²) in [5.74, 6) is 0.156. The molecule has 1 unspecified atom stereocenters. The van der Waals surface area contributed by atoms with Crippen molar-refractivity contribution >= 4 is 11.6 Å². The van der Waals surface area contributed by atoms with Crippen LogP contribution in [0.2, 0.25) is 5.02 Å². The fourth-order valence-electron chi connectivity index (χ4n) is 1.42. The van der Waals surface area contributed by atoms with Crippen molar-refractivity contribution in [2.45, 2.75) is 19.5 Å². The first-order valence-corrected chi connectivity index (χ1v) is 5.53. The van der Waals surface area contributed by atoms with Crippen LogP contribution in [0.4, 0.5) is 4.39 Å². The molecular weight excluding hydrogens is 243 g/mol. The Labute approximate surface area is 103 Å². The number of hydrogen-bond donors (Lipinski definition) is 1. The fourth-order valence-corrected chi connectivity index (χ4v) is 1.62. The van der Waals surface area contributed by atoms with Crippen molar-refractivity contribution in [1.29, 1.82) is 0 Å². The number of benzene rings is 1. The molecule has 0 radical (unpaired) electrons. The Balaban J connectivity index is 2.16. The number of rotatable bonds is 3. The molecule has 4 nitrogen and oxygen atoms in total. The minimum absolute atomic E-state index is 0.107. The second-order valence-electron chi connectivity index (χ2n) is 3.84. The molecule has 6 heteroatoms. The van der Waals surface area contributed by atoms with Crippen LogP contribution < -0.4 is 5.73 Å². The number of aromatic nitrogens is 3. The Hall–Kier alpha value is -1.46. The molecule has 0 amide bonds. The van der Waals surface area contributed by atoms with Gasteiger partial charge in [0.05, 0.1) is 17.6 Å². The number of nitrogens with zero attached hydrogens (tertiary/aromatic N) is 3. The molecular formula is C11H12ClFN4. The minimum atomic E-state index is -0.426. The van der Waals surface area contributed by atoms with Crippen molar-refractivity contribution in [2.75, 3.05) is 0 Å². The van der Waals surface area contributed by atoms with Gasteiger partial charge in [-0.1, -0.05) is 17.7 Å². The summed E-state index contributed by atoms with van der Waals surface area (Å²) in [7, 11) is 0. The highest BCUT2D eigenvalue weighted by Crippen LogP contribution is 2.16. The van der Waals surface area contributed by atoms with Gasteiger partial charge >= 0.3 is 0 Å². The highest BCUT2D eigenvalue weighted by atomic mass is 35.5. The molecule has 2 rings (SSSR count). The first-order valence-electron chi connectivity index (χ1n) is 5.15. The van der Waals surface area contributed by atoms with E-state index < -0.39 is 5.82 Å². The molecule has 0 saturated carbocycles. The van der Waals surface area contributed by atoms with Gasteiger partial charge < -0.3 is 5.73 Å². The van der Waals surface area contributed by atoms with Gasteiger partial charge in [-0.3, -0.25) is 0 Å². The molecule has 90 valence electrons. The lowest BCUT2D eigenvalue weighted by Gasteiger charge is -2.02. The molecule has 0 saturated heterocycles. The quantitative estimate of drug-likeness (QED) is 0.913. The van der Waals surface area contributed by atoms with Gasteiger partial charge in [-0.2, -0.15) is 5.10 Å². The molecule has 1 heterocycles. The van der Waals surface area contributed by atoms with Gasteiger partial charge in [0.2, 0.25) is 0 Å². The van der Waals surface area contributed by atoms with Gasteiger partial charge in [0.1, 0.15) is 12.1 Å². The van der Waals surface area contributed by atoms with Gasteiger partial charge in [0.25, 0.3) is 0 Å². The van der Waals surface area contributed by atoms with E-state index in [1.807, 2.05) is 6.92 Å². The summed E-state index contributed by atoms with van der Waals surface area (Å²) in [5, 5.41) is 4.31. The van der Waals surface area contributed by atoms with Gasteiger partial charge in [0.15, 0.2) is 5.82 Å². The van der Waals surface area contributed by atoms with Crippen LogP contribution in [0.25, 0.3) is 0 Å². The summed E-state index contributed by atoms with van der Waals surface area (Å²) in [6.45, 7) is 2.30. The first-order chi connectivity index (χ1) is 8.06. The Morgan fingerprint density at radius 3 is 2.88 bits per heavy atom. The maximum absolute atomic E-state index is 13.0. The summed E-state index contributed by atoms with van der Waals surface area (Å²) in [5.41, 5.74) is 6.51. The largest absolute Gasteiger partial charge is 0.321 e. The smallest absolute Gasteiger partial charge is 0.166 e. The maximum Gasteiger partial charge on any atom is 0.166 e. The van der Waals surface area contributed by atoms with Crippen molar-refractivity contribution in [1.82, 2.24) is 14.8 Å². The van der Waals surface area contributed by atoms with Crippen LogP contribution in [0, 0.1) is 5.82 Å². The molecule has 17 heavy (non-hydrogen) atoms. The van der Waals surface area contributed by atoms with Crippen LogP contribution in [0.5, 0.6) is 0 Å². The maximum atomic E-state index is 13.0. The van der Waals surface area contributed by atoms with Crippen LogP contribution in [-0.2, 0) is 6.54 Å². The molecule has 0 fully saturated rings. The molecule has 1 aromatic heterocycles. The van der Waals surface area contributed by atoms with E-state index in [0.717, 1.165) is 5.56 Å². The van der Waals surface area contributed by atoms with E-state index in [4.69, 9.17) is 17.3 Å². The lowest BCUT2D eigenvalue weighted by atomic mass is 10.2. The number of hydrogen-bond acceptors (Lipinski definition) is 3. The van der Waals surface area contributed by atoms with Crippen molar-refractivity contribution in [2.24, 2.45) is 5.73 Å². The van der Waals surface area contributed by atoms with Crippen LogP contribution in [0.3, 0.4) is 0 Å². The van der Waals surface area contributed by atoms with Crippen LogP contribution in [0.1, 0.15) is 24.4 Å². The van der Waals surface area contributed by atoms with E-state index in [-0.39, 0.29) is 11.1 Å². The lowest BCUT2D eigenvalue weighted by Crippen LogP contribution is -2.08. The highest BCUT2D eigenvalue weighted by Gasteiger charge is 2.06. The van der Waals surface area contributed by atoms with Gasteiger partial charge in [-0.05, 0) is 24.6 Å². The zero-order valence-electron chi connectivity index (χ0n) is 9.27. The first kappa shape index (κ1) is 12.0. The third-order valence-corrected chi connectivity index (χ3v) is 2.58. The van der Waals surface area contributed by atoms with Gasteiger partial charge in [-0.25, -0.2) is 14.1 Å². The lowest BCUT2D eigenvalue weighted by molar-refractivity contribution is 0.622. The van der Waals surface area contributed by atoms with Crippen molar-refractivity contribution in [3.05, 3.63) is 46.8 Å². The molecule has 1 atom stereocenters. The Morgan fingerprint density at radius 2 is 2.29 bits per heavy atom. The molecule has 0 aliphatic heterocycles. The zero-order chi connectivity index (χ0) is 12.4. The summed E-state index contributed by atoms with van der Waals surface area (Å²) >= 11 is 5.70. The van der Waals surface area contributed by atoms with E-state index in [2.05, 4.69) is 10.1 Å². The highest BCUT2D eigenvalue weighted by molar-refractivity contribution is 6.30. The SMILES string of the molecule is CC(N)c1ncn(Cc2ccc(F)c(Cl)c2)n1. The van der Waals surface area contributed by atoms with Crippen LogP contribution in [-0.4, -0.2) is 14.8 Å². The van der Waals surface area contributed by atoms with Crippen LogP contribution >= 0.6 is 11.6 Å². The second kappa shape index (κ2) is 4.81. The average Bonchev–Trinajstić information content (AvgIpc) is 2.72. The molecule has 2 N–H and O–H groups in total. The third-order valence-electron chi connectivity index (χ3n) is 2.29. The normalized spacial score (nSPS) is 12.7. The average molecular weight is 255 g/mol. The monoisotopic (exact) mass is 254 g/mol. The standard InChI is InChI=1S/C11H12ClFN4/c1-7(14)11-15-6-17(16-11)5-8-2-3-10(13)9(12)4-8/h2-4,6-7H,5,14H2,1H3. The van der Waals surface area contributed by atoms with Crippen molar-refractivity contribution in [3.8, 4) is 0 Å². The summed E-state index contributed by atoms with van der Waals surface area (Å²) in [6, 6.07) is 4.37. The molecule has 0 bridgehead atoms. The minimum Gasteiger partial charge on any atom is -0.321 e. The zero-order valence-corrected chi connectivity index (χ0v) is 10.0. The van der Waals surface area contributed by atoms with E-state index in [1.165, 1.54) is 6.07 Å². The predicted octanol–water partition coefficient (Wildman–Crippen LogP) is 2.14. The van der Waals surface area contributed by atoms with Crippen LogP contribution in [0.15, 0.2) is 24.5 Å².